The van der Waals surface area contributed by atoms with Crippen LogP contribution in [0.25, 0.3) is 10.1 Å². The monoisotopic (exact) mass is 208 g/mol. The average Bonchev–Trinajstić information content (AvgIpc) is 2.62. The predicted octanol–water partition coefficient (Wildman–Crippen LogP) is 3.23. The molecule has 0 atom stereocenters. The number of thiophene rings is 1. The van der Waals surface area contributed by atoms with Crippen molar-refractivity contribution in [2.24, 2.45) is 0 Å². The van der Waals surface area contributed by atoms with E-state index in [1.807, 2.05) is 6.07 Å². The maximum absolute atomic E-state index is 5.26. The van der Waals surface area contributed by atoms with E-state index in [2.05, 4.69) is 19.1 Å². The lowest BCUT2D eigenvalue weighted by atomic mass is 10.1. The summed E-state index contributed by atoms with van der Waals surface area (Å²) in [6.45, 7) is 2.06. The van der Waals surface area contributed by atoms with Gasteiger partial charge in [-0.25, -0.2) is 0 Å². The van der Waals surface area contributed by atoms with E-state index in [1.165, 1.54) is 15.6 Å². The summed E-state index contributed by atoms with van der Waals surface area (Å²) in [6, 6.07) is 6.11. The van der Waals surface area contributed by atoms with Crippen LogP contribution < -0.4 is 9.47 Å². The third-order valence-electron chi connectivity index (χ3n) is 2.32. The molecule has 2 nitrogen and oxygen atoms in total. The van der Waals surface area contributed by atoms with Crippen LogP contribution in [0, 0.1) is 6.92 Å². The lowest BCUT2D eigenvalue weighted by Crippen LogP contribution is -1.85. The molecule has 2 aromatic rings. The Balaban J connectivity index is 2.68. The molecule has 0 fully saturated rings. The van der Waals surface area contributed by atoms with Crippen LogP contribution in [0.5, 0.6) is 10.8 Å². The highest BCUT2D eigenvalue weighted by Crippen LogP contribution is 2.36. The van der Waals surface area contributed by atoms with Gasteiger partial charge in [0.25, 0.3) is 0 Å². The Morgan fingerprint density at radius 3 is 2.57 bits per heavy atom. The van der Waals surface area contributed by atoms with Crippen LogP contribution in [-0.2, 0) is 0 Å². The van der Waals surface area contributed by atoms with Crippen molar-refractivity contribution in [2.75, 3.05) is 14.2 Å². The molecule has 1 heterocycles. The van der Waals surface area contributed by atoms with Crippen LogP contribution in [0.15, 0.2) is 18.2 Å². The molecule has 0 aliphatic heterocycles. The van der Waals surface area contributed by atoms with Gasteiger partial charge in [0.05, 0.1) is 14.2 Å². The standard InChI is InChI=1S/C11H12O2S/c1-7-8-6-11(13-3)14-10(8)5-4-9(7)12-2/h4-6H,1-3H3. The van der Waals surface area contributed by atoms with Gasteiger partial charge in [0, 0.05) is 10.1 Å². The van der Waals surface area contributed by atoms with Crippen LogP contribution in [0.2, 0.25) is 0 Å². The quantitative estimate of drug-likeness (QED) is 0.754. The van der Waals surface area contributed by atoms with E-state index < -0.39 is 0 Å². The molecular formula is C11H12O2S. The number of fused-ring (bicyclic) bond motifs is 1. The molecule has 0 amide bonds. The summed E-state index contributed by atoms with van der Waals surface area (Å²) in [7, 11) is 3.38. The molecule has 74 valence electrons. The fraction of sp³-hybridized carbons (Fsp3) is 0.273. The van der Waals surface area contributed by atoms with Crippen molar-refractivity contribution < 1.29 is 9.47 Å². The largest absolute Gasteiger partial charge is 0.496 e. The first kappa shape index (κ1) is 9.34. The maximum Gasteiger partial charge on any atom is 0.174 e. The number of rotatable bonds is 2. The van der Waals surface area contributed by atoms with Gasteiger partial charge in [-0.3, -0.25) is 0 Å². The summed E-state index contributed by atoms with van der Waals surface area (Å²) in [5.41, 5.74) is 1.17. The topological polar surface area (TPSA) is 18.5 Å². The Morgan fingerprint density at radius 2 is 1.93 bits per heavy atom. The summed E-state index contributed by atoms with van der Waals surface area (Å²) in [6.07, 6.45) is 0. The van der Waals surface area contributed by atoms with E-state index in [4.69, 9.17) is 9.47 Å². The van der Waals surface area contributed by atoms with Crippen molar-refractivity contribution in [2.45, 2.75) is 6.92 Å². The van der Waals surface area contributed by atoms with Crippen molar-refractivity contribution in [3.63, 3.8) is 0 Å². The van der Waals surface area contributed by atoms with E-state index in [0.717, 1.165) is 10.8 Å². The Labute approximate surface area is 87.1 Å². The molecule has 1 aromatic heterocycles. The second-order valence-corrected chi connectivity index (χ2v) is 4.12. The minimum atomic E-state index is 0.929. The van der Waals surface area contributed by atoms with E-state index >= 15 is 0 Å². The first-order valence-corrected chi connectivity index (χ1v) is 5.19. The molecule has 0 N–H and O–H groups in total. The third-order valence-corrected chi connectivity index (χ3v) is 3.38. The fourth-order valence-electron chi connectivity index (χ4n) is 1.53. The van der Waals surface area contributed by atoms with Gasteiger partial charge >= 0.3 is 0 Å². The van der Waals surface area contributed by atoms with Crippen molar-refractivity contribution >= 4 is 21.4 Å². The number of hydrogen-bond acceptors (Lipinski definition) is 3. The summed E-state index contributed by atoms with van der Waals surface area (Å²) < 4.78 is 11.7. The van der Waals surface area contributed by atoms with E-state index in [1.54, 1.807) is 25.6 Å². The average molecular weight is 208 g/mol. The van der Waals surface area contributed by atoms with Crippen LogP contribution >= 0.6 is 11.3 Å². The molecule has 1 aromatic carbocycles. The highest BCUT2D eigenvalue weighted by Gasteiger charge is 2.07. The molecule has 0 saturated carbocycles. The molecule has 0 radical (unpaired) electrons. The van der Waals surface area contributed by atoms with E-state index in [0.29, 0.717) is 0 Å². The number of ether oxygens (including phenoxy) is 2. The van der Waals surface area contributed by atoms with Gasteiger partial charge in [0.1, 0.15) is 5.75 Å². The van der Waals surface area contributed by atoms with E-state index in [-0.39, 0.29) is 0 Å². The second kappa shape index (κ2) is 3.50. The molecule has 14 heavy (non-hydrogen) atoms. The predicted molar refractivity (Wildman–Crippen MR) is 59.7 cm³/mol. The number of aryl methyl sites for hydroxylation is 1. The Bertz CT molecular complexity index is 460. The second-order valence-electron chi connectivity index (χ2n) is 3.07. The minimum absolute atomic E-state index is 0.929. The maximum atomic E-state index is 5.26. The molecule has 0 spiro atoms. The molecule has 0 aliphatic rings. The molecule has 0 unspecified atom stereocenters. The smallest absolute Gasteiger partial charge is 0.174 e. The third kappa shape index (κ3) is 1.34. The number of methoxy groups -OCH3 is 2. The Hall–Kier alpha value is -1.22. The highest BCUT2D eigenvalue weighted by molar-refractivity contribution is 7.20. The van der Waals surface area contributed by atoms with Gasteiger partial charge in [-0.2, -0.15) is 0 Å². The summed E-state index contributed by atoms with van der Waals surface area (Å²) in [5.74, 6) is 0.929. The van der Waals surface area contributed by atoms with Crippen molar-refractivity contribution in [1.29, 1.82) is 0 Å². The van der Waals surface area contributed by atoms with Crippen LogP contribution in [0.4, 0.5) is 0 Å². The lowest BCUT2D eigenvalue weighted by Gasteiger charge is -2.03. The van der Waals surface area contributed by atoms with Gasteiger partial charge in [-0.1, -0.05) is 11.3 Å². The van der Waals surface area contributed by atoms with Gasteiger partial charge in [-0.05, 0) is 30.7 Å². The SMILES string of the molecule is COc1cc2c(C)c(OC)ccc2s1. The van der Waals surface area contributed by atoms with Crippen molar-refractivity contribution in [3.8, 4) is 10.8 Å². The molecule has 0 saturated heterocycles. The van der Waals surface area contributed by atoms with Crippen LogP contribution in [0.3, 0.4) is 0 Å². The van der Waals surface area contributed by atoms with Gasteiger partial charge in [-0.15, -0.1) is 0 Å². The molecule has 2 rings (SSSR count). The first-order chi connectivity index (χ1) is 6.76. The number of benzene rings is 1. The summed E-state index contributed by atoms with van der Waals surface area (Å²) in [5, 5.41) is 2.16. The molecular weight excluding hydrogens is 196 g/mol. The zero-order valence-electron chi connectivity index (χ0n) is 8.46. The lowest BCUT2D eigenvalue weighted by molar-refractivity contribution is 0.412. The summed E-state index contributed by atoms with van der Waals surface area (Å²) >= 11 is 1.65. The molecule has 3 heteroatoms. The highest BCUT2D eigenvalue weighted by atomic mass is 32.1. The zero-order chi connectivity index (χ0) is 10.1. The van der Waals surface area contributed by atoms with Crippen LogP contribution in [0.1, 0.15) is 5.56 Å². The van der Waals surface area contributed by atoms with Gasteiger partial charge in [0.15, 0.2) is 5.06 Å². The van der Waals surface area contributed by atoms with Gasteiger partial charge < -0.3 is 9.47 Å². The zero-order valence-corrected chi connectivity index (χ0v) is 9.27. The first-order valence-electron chi connectivity index (χ1n) is 4.37. The summed E-state index contributed by atoms with van der Waals surface area (Å²) in [4.78, 5) is 0. The van der Waals surface area contributed by atoms with Crippen molar-refractivity contribution in [3.05, 3.63) is 23.8 Å². The Morgan fingerprint density at radius 1 is 1.14 bits per heavy atom. The fourth-order valence-corrected chi connectivity index (χ4v) is 2.46. The van der Waals surface area contributed by atoms with Crippen LogP contribution in [-0.4, -0.2) is 14.2 Å². The minimum Gasteiger partial charge on any atom is -0.496 e. The van der Waals surface area contributed by atoms with Crippen molar-refractivity contribution in [1.82, 2.24) is 0 Å². The molecule has 0 bridgehead atoms. The molecule has 0 aliphatic carbocycles. The number of hydrogen-bond donors (Lipinski definition) is 0. The van der Waals surface area contributed by atoms with Gasteiger partial charge in [0.2, 0.25) is 0 Å². The van der Waals surface area contributed by atoms with E-state index in [9.17, 15) is 0 Å². The Kier molecular flexibility index (Phi) is 2.33. The normalized spacial score (nSPS) is 10.5.